The molecule has 0 atom stereocenters. The van der Waals surface area contributed by atoms with Gasteiger partial charge in [0.1, 0.15) is 0 Å². The molecule has 0 amide bonds. The van der Waals surface area contributed by atoms with Crippen molar-refractivity contribution in [3.05, 3.63) is 34.4 Å². The Morgan fingerprint density at radius 2 is 1.95 bits per heavy atom. The van der Waals surface area contributed by atoms with Crippen LogP contribution in [0.2, 0.25) is 10.0 Å². The molecule has 5 nitrogen and oxygen atoms in total. The van der Waals surface area contributed by atoms with Gasteiger partial charge in [0.25, 0.3) is 0 Å². The van der Waals surface area contributed by atoms with Crippen molar-refractivity contribution in [1.29, 1.82) is 0 Å². The second-order valence-electron chi connectivity index (χ2n) is 4.12. The van der Waals surface area contributed by atoms with E-state index in [9.17, 15) is 0 Å². The molecule has 0 bridgehead atoms. The van der Waals surface area contributed by atoms with Crippen LogP contribution in [0.4, 0.5) is 23.1 Å². The summed E-state index contributed by atoms with van der Waals surface area (Å²) in [6.07, 6.45) is 1.56. The van der Waals surface area contributed by atoms with Crippen molar-refractivity contribution in [2.45, 2.75) is 0 Å². The Balaban J connectivity index is 2.28. The van der Waals surface area contributed by atoms with Crippen LogP contribution < -0.4 is 16.0 Å². The SMILES string of the molecule is CN(C)c1nc(Nc2ccc(Cl)c(Cl)c2)ncc1N. The number of nitrogens with two attached hydrogens (primary N) is 1. The minimum Gasteiger partial charge on any atom is -0.394 e. The molecule has 0 fully saturated rings. The van der Waals surface area contributed by atoms with Crippen LogP contribution in [-0.2, 0) is 0 Å². The van der Waals surface area contributed by atoms with E-state index < -0.39 is 0 Å². The topological polar surface area (TPSA) is 67.1 Å². The maximum atomic E-state index is 5.95. The number of aromatic nitrogens is 2. The Labute approximate surface area is 121 Å². The highest BCUT2D eigenvalue weighted by molar-refractivity contribution is 6.42. The van der Waals surface area contributed by atoms with Gasteiger partial charge in [-0.25, -0.2) is 4.98 Å². The highest BCUT2D eigenvalue weighted by atomic mass is 35.5. The third-order valence-corrected chi connectivity index (χ3v) is 3.13. The van der Waals surface area contributed by atoms with Gasteiger partial charge in [0.2, 0.25) is 5.95 Å². The molecule has 0 aliphatic carbocycles. The lowest BCUT2D eigenvalue weighted by molar-refractivity contribution is 1.05. The third kappa shape index (κ3) is 3.19. The molecule has 1 heterocycles. The van der Waals surface area contributed by atoms with Crippen molar-refractivity contribution < 1.29 is 0 Å². The molecule has 0 radical (unpaired) electrons. The molecule has 1 aromatic heterocycles. The average molecular weight is 298 g/mol. The molecule has 0 saturated heterocycles. The predicted molar refractivity (Wildman–Crippen MR) is 80.5 cm³/mol. The van der Waals surface area contributed by atoms with Gasteiger partial charge < -0.3 is 16.0 Å². The van der Waals surface area contributed by atoms with E-state index in [2.05, 4.69) is 15.3 Å². The van der Waals surface area contributed by atoms with Crippen LogP contribution in [0.25, 0.3) is 0 Å². The summed E-state index contributed by atoms with van der Waals surface area (Å²) >= 11 is 11.8. The van der Waals surface area contributed by atoms with Gasteiger partial charge in [-0.05, 0) is 18.2 Å². The number of hydrogen-bond acceptors (Lipinski definition) is 5. The van der Waals surface area contributed by atoms with Crippen LogP contribution in [0.5, 0.6) is 0 Å². The number of benzene rings is 1. The molecule has 2 aromatic rings. The number of rotatable bonds is 3. The van der Waals surface area contributed by atoms with Gasteiger partial charge in [-0.3, -0.25) is 0 Å². The van der Waals surface area contributed by atoms with Gasteiger partial charge >= 0.3 is 0 Å². The van der Waals surface area contributed by atoms with Crippen LogP contribution in [0.15, 0.2) is 24.4 Å². The molecular weight excluding hydrogens is 285 g/mol. The van der Waals surface area contributed by atoms with Crippen LogP contribution in [0.1, 0.15) is 0 Å². The lowest BCUT2D eigenvalue weighted by atomic mass is 10.3. The maximum absolute atomic E-state index is 5.95. The average Bonchev–Trinajstić information content (AvgIpc) is 2.36. The molecule has 1 aromatic carbocycles. The van der Waals surface area contributed by atoms with Crippen molar-refractivity contribution in [3.63, 3.8) is 0 Å². The van der Waals surface area contributed by atoms with Crippen molar-refractivity contribution in [2.24, 2.45) is 0 Å². The van der Waals surface area contributed by atoms with E-state index in [0.717, 1.165) is 5.69 Å². The first-order valence-corrected chi connectivity index (χ1v) is 6.25. The summed E-state index contributed by atoms with van der Waals surface area (Å²) in [6, 6.07) is 5.21. The third-order valence-electron chi connectivity index (χ3n) is 2.40. The van der Waals surface area contributed by atoms with Gasteiger partial charge in [-0.2, -0.15) is 4.98 Å². The normalized spacial score (nSPS) is 10.3. The maximum Gasteiger partial charge on any atom is 0.229 e. The lowest BCUT2D eigenvalue weighted by Gasteiger charge is -2.15. The predicted octanol–water partition coefficient (Wildman–Crippen LogP) is 3.18. The van der Waals surface area contributed by atoms with E-state index in [4.69, 9.17) is 28.9 Å². The van der Waals surface area contributed by atoms with Crippen LogP contribution in [0.3, 0.4) is 0 Å². The quantitative estimate of drug-likeness (QED) is 0.911. The Morgan fingerprint density at radius 1 is 1.21 bits per heavy atom. The van der Waals surface area contributed by atoms with E-state index in [1.54, 1.807) is 24.4 Å². The molecule has 0 spiro atoms. The largest absolute Gasteiger partial charge is 0.394 e. The standard InChI is InChI=1S/C12H13Cl2N5/c1-19(2)11-10(15)6-16-12(18-11)17-7-3-4-8(13)9(14)5-7/h3-6H,15H2,1-2H3,(H,16,17,18). The number of nitrogens with zero attached hydrogens (tertiary/aromatic N) is 3. The minimum absolute atomic E-state index is 0.441. The number of halogens is 2. The van der Waals surface area contributed by atoms with Gasteiger partial charge in [0.05, 0.1) is 21.9 Å². The molecular formula is C12H13Cl2N5. The lowest BCUT2D eigenvalue weighted by Crippen LogP contribution is -2.14. The summed E-state index contributed by atoms with van der Waals surface area (Å²) in [4.78, 5) is 10.3. The summed E-state index contributed by atoms with van der Waals surface area (Å²) in [5.41, 5.74) is 7.07. The molecule has 0 unspecified atom stereocenters. The molecule has 100 valence electrons. The summed E-state index contributed by atoms with van der Waals surface area (Å²) in [5.74, 6) is 1.09. The number of nitrogen functional groups attached to an aromatic ring is 1. The van der Waals surface area contributed by atoms with Crippen molar-refractivity contribution in [3.8, 4) is 0 Å². The first kappa shape index (κ1) is 13.7. The van der Waals surface area contributed by atoms with Crippen molar-refractivity contribution in [2.75, 3.05) is 30.0 Å². The molecule has 2 rings (SSSR count). The fourth-order valence-corrected chi connectivity index (χ4v) is 1.80. The Morgan fingerprint density at radius 3 is 2.58 bits per heavy atom. The molecule has 19 heavy (non-hydrogen) atoms. The zero-order valence-electron chi connectivity index (χ0n) is 10.5. The highest BCUT2D eigenvalue weighted by Crippen LogP contribution is 2.27. The smallest absolute Gasteiger partial charge is 0.229 e. The molecule has 0 aliphatic rings. The second kappa shape index (κ2) is 5.50. The summed E-state index contributed by atoms with van der Waals surface area (Å²) in [5, 5.41) is 4.01. The number of anilines is 4. The molecule has 0 saturated carbocycles. The molecule has 0 aliphatic heterocycles. The summed E-state index contributed by atoms with van der Waals surface area (Å²) < 4.78 is 0. The van der Waals surface area contributed by atoms with Crippen LogP contribution >= 0.6 is 23.2 Å². The van der Waals surface area contributed by atoms with E-state index in [-0.39, 0.29) is 0 Å². The Bertz CT molecular complexity index is 601. The van der Waals surface area contributed by atoms with Gasteiger partial charge in [0.15, 0.2) is 5.82 Å². The van der Waals surface area contributed by atoms with Crippen LogP contribution in [-0.4, -0.2) is 24.1 Å². The molecule has 7 heteroatoms. The fraction of sp³-hybridized carbons (Fsp3) is 0.167. The van der Waals surface area contributed by atoms with E-state index in [1.807, 2.05) is 19.0 Å². The van der Waals surface area contributed by atoms with Crippen LogP contribution in [0, 0.1) is 0 Å². The van der Waals surface area contributed by atoms with Gasteiger partial charge in [-0.15, -0.1) is 0 Å². The van der Waals surface area contributed by atoms with E-state index >= 15 is 0 Å². The fourth-order valence-electron chi connectivity index (χ4n) is 1.50. The highest BCUT2D eigenvalue weighted by Gasteiger charge is 2.07. The number of nitrogens with one attached hydrogen (secondary N) is 1. The van der Waals surface area contributed by atoms with E-state index in [0.29, 0.717) is 27.5 Å². The first-order chi connectivity index (χ1) is 8.97. The summed E-state index contributed by atoms with van der Waals surface area (Å²) in [7, 11) is 3.73. The van der Waals surface area contributed by atoms with Gasteiger partial charge in [-0.1, -0.05) is 23.2 Å². The molecule has 3 N–H and O–H groups in total. The number of hydrogen-bond donors (Lipinski definition) is 2. The van der Waals surface area contributed by atoms with Crippen molar-refractivity contribution in [1.82, 2.24) is 9.97 Å². The minimum atomic E-state index is 0.441. The monoisotopic (exact) mass is 297 g/mol. The first-order valence-electron chi connectivity index (χ1n) is 5.49. The zero-order chi connectivity index (χ0) is 14.0. The Kier molecular flexibility index (Phi) is 3.97. The van der Waals surface area contributed by atoms with Crippen molar-refractivity contribution >= 4 is 46.3 Å². The van der Waals surface area contributed by atoms with Gasteiger partial charge in [0, 0.05) is 19.8 Å². The summed E-state index contributed by atoms with van der Waals surface area (Å²) in [6.45, 7) is 0. The Hall–Kier alpha value is -1.72. The zero-order valence-corrected chi connectivity index (χ0v) is 12.0. The van der Waals surface area contributed by atoms with E-state index in [1.165, 1.54) is 0 Å². The second-order valence-corrected chi connectivity index (χ2v) is 4.94.